The van der Waals surface area contributed by atoms with Crippen molar-refractivity contribution in [1.82, 2.24) is 0 Å². The van der Waals surface area contributed by atoms with Crippen molar-refractivity contribution in [3.63, 3.8) is 0 Å². The summed E-state index contributed by atoms with van der Waals surface area (Å²) in [4.78, 5) is 0. The quantitative estimate of drug-likeness (QED) is 0.641. The molecule has 1 aliphatic carbocycles. The van der Waals surface area contributed by atoms with Crippen molar-refractivity contribution in [1.29, 1.82) is 0 Å². The van der Waals surface area contributed by atoms with Crippen LogP contribution in [0.2, 0.25) is 0 Å². The van der Waals surface area contributed by atoms with Gasteiger partial charge in [0.1, 0.15) is 0 Å². The molecule has 0 aromatic heterocycles. The third-order valence-corrected chi connectivity index (χ3v) is 3.20. The molecule has 0 aromatic carbocycles. The van der Waals surface area contributed by atoms with Crippen LogP contribution in [0.1, 0.15) is 52.4 Å². The first kappa shape index (κ1) is 10.0. The van der Waals surface area contributed by atoms with E-state index in [0.29, 0.717) is 6.04 Å². The van der Waals surface area contributed by atoms with E-state index in [1.54, 1.807) is 0 Å². The number of hydrogen-bond acceptors (Lipinski definition) is 1. The molecule has 2 unspecified atom stereocenters. The molecule has 2 N–H and O–H groups in total. The second kappa shape index (κ2) is 4.86. The Kier molecular flexibility index (Phi) is 4.07. The first-order valence-corrected chi connectivity index (χ1v) is 5.45. The van der Waals surface area contributed by atoms with Crippen molar-refractivity contribution < 1.29 is 0 Å². The molecule has 12 heavy (non-hydrogen) atoms. The first-order chi connectivity index (χ1) is 5.70. The van der Waals surface area contributed by atoms with Crippen molar-refractivity contribution >= 4 is 0 Å². The molecule has 1 saturated carbocycles. The third-order valence-electron chi connectivity index (χ3n) is 3.20. The lowest BCUT2D eigenvalue weighted by Crippen LogP contribution is -2.27. The summed E-state index contributed by atoms with van der Waals surface area (Å²) in [6, 6.07) is 0.484. The van der Waals surface area contributed by atoms with Gasteiger partial charge >= 0.3 is 0 Å². The minimum absolute atomic E-state index is 0.484. The van der Waals surface area contributed by atoms with E-state index in [1.165, 1.54) is 38.5 Å². The van der Waals surface area contributed by atoms with E-state index in [-0.39, 0.29) is 0 Å². The van der Waals surface area contributed by atoms with E-state index in [9.17, 15) is 0 Å². The Labute approximate surface area is 76.7 Å². The van der Waals surface area contributed by atoms with Gasteiger partial charge in [-0.2, -0.15) is 0 Å². The average Bonchev–Trinajstić information content (AvgIpc) is 1.95. The van der Waals surface area contributed by atoms with Crippen LogP contribution in [-0.2, 0) is 0 Å². The fourth-order valence-corrected chi connectivity index (χ4v) is 2.22. The van der Waals surface area contributed by atoms with E-state index in [2.05, 4.69) is 13.8 Å². The van der Waals surface area contributed by atoms with E-state index in [4.69, 9.17) is 5.73 Å². The van der Waals surface area contributed by atoms with Gasteiger partial charge in [0, 0.05) is 6.04 Å². The van der Waals surface area contributed by atoms with Crippen LogP contribution in [0, 0.1) is 11.8 Å². The van der Waals surface area contributed by atoms with E-state index >= 15 is 0 Å². The van der Waals surface area contributed by atoms with Gasteiger partial charge in [0.25, 0.3) is 0 Å². The maximum atomic E-state index is 6.03. The van der Waals surface area contributed by atoms with Gasteiger partial charge in [0.15, 0.2) is 0 Å². The molecule has 1 fully saturated rings. The Balaban J connectivity index is 2.38. The smallest absolute Gasteiger partial charge is 0.00415 e. The molecule has 0 bridgehead atoms. The lowest BCUT2D eigenvalue weighted by molar-refractivity contribution is 0.278. The zero-order chi connectivity index (χ0) is 8.97. The molecule has 0 saturated heterocycles. The first-order valence-electron chi connectivity index (χ1n) is 5.45. The highest BCUT2D eigenvalue weighted by atomic mass is 14.6. The van der Waals surface area contributed by atoms with E-state index in [1.807, 2.05) is 0 Å². The summed E-state index contributed by atoms with van der Waals surface area (Å²) in [5, 5.41) is 0. The summed E-state index contributed by atoms with van der Waals surface area (Å²) < 4.78 is 0. The van der Waals surface area contributed by atoms with Crippen molar-refractivity contribution in [3.05, 3.63) is 0 Å². The predicted octanol–water partition coefficient (Wildman–Crippen LogP) is 2.94. The van der Waals surface area contributed by atoms with E-state index in [0.717, 1.165) is 11.8 Å². The zero-order valence-corrected chi connectivity index (χ0v) is 8.55. The predicted molar refractivity (Wildman–Crippen MR) is 54.0 cm³/mol. The molecule has 1 aliphatic rings. The second-order valence-corrected chi connectivity index (χ2v) is 4.64. The summed E-state index contributed by atoms with van der Waals surface area (Å²) in [7, 11) is 0. The van der Waals surface area contributed by atoms with Crippen LogP contribution >= 0.6 is 0 Å². The Morgan fingerprint density at radius 2 is 1.75 bits per heavy atom. The lowest BCUT2D eigenvalue weighted by Gasteiger charge is -2.26. The van der Waals surface area contributed by atoms with Gasteiger partial charge in [-0.3, -0.25) is 0 Å². The monoisotopic (exact) mass is 169 g/mol. The van der Waals surface area contributed by atoms with Gasteiger partial charge in [-0.1, -0.05) is 39.5 Å². The second-order valence-electron chi connectivity index (χ2n) is 4.64. The van der Waals surface area contributed by atoms with Gasteiger partial charge in [0.05, 0.1) is 0 Å². The van der Waals surface area contributed by atoms with E-state index < -0.39 is 0 Å². The number of rotatable bonds is 1. The summed E-state index contributed by atoms with van der Waals surface area (Å²) in [6.45, 7) is 4.66. The molecule has 0 aliphatic heterocycles. The van der Waals surface area contributed by atoms with Crippen LogP contribution in [0.4, 0.5) is 0 Å². The van der Waals surface area contributed by atoms with Crippen LogP contribution in [0.3, 0.4) is 0 Å². The fraction of sp³-hybridized carbons (Fsp3) is 1.00. The molecule has 72 valence electrons. The number of nitrogens with two attached hydrogens (primary N) is 1. The zero-order valence-electron chi connectivity index (χ0n) is 8.55. The highest BCUT2D eigenvalue weighted by Gasteiger charge is 2.18. The molecular weight excluding hydrogens is 146 g/mol. The minimum Gasteiger partial charge on any atom is -0.328 e. The third kappa shape index (κ3) is 3.14. The van der Waals surface area contributed by atoms with Crippen molar-refractivity contribution in [3.8, 4) is 0 Å². The Hall–Kier alpha value is -0.0400. The van der Waals surface area contributed by atoms with Gasteiger partial charge in [-0.15, -0.1) is 0 Å². The highest BCUT2D eigenvalue weighted by molar-refractivity contribution is 4.73. The molecule has 1 rings (SSSR count). The fourth-order valence-electron chi connectivity index (χ4n) is 2.22. The molecule has 0 radical (unpaired) electrons. The van der Waals surface area contributed by atoms with Crippen LogP contribution in [0.5, 0.6) is 0 Å². The summed E-state index contributed by atoms with van der Waals surface area (Å²) in [5.41, 5.74) is 6.03. The Morgan fingerprint density at radius 1 is 1.08 bits per heavy atom. The maximum absolute atomic E-state index is 6.03. The van der Waals surface area contributed by atoms with Crippen LogP contribution in [0.15, 0.2) is 0 Å². The molecule has 0 aromatic rings. The van der Waals surface area contributed by atoms with Crippen molar-refractivity contribution in [2.75, 3.05) is 0 Å². The lowest BCUT2D eigenvalue weighted by atomic mass is 9.82. The molecule has 2 atom stereocenters. The van der Waals surface area contributed by atoms with Gasteiger partial charge in [-0.25, -0.2) is 0 Å². The SMILES string of the molecule is CC(C)C1CCCCCC(N)C1. The van der Waals surface area contributed by atoms with Gasteiger partial charge < -0.3 is 5.73 Å². The summed E-state index contributed by atoms with van der Waals surface area (Å²) >= 11 is 0. The Morgan fingerprint density at radius 3 is 2.42 bits per heavy atom. The largest absolute Gasteiger partial charge is 0.328 e. The topological polar surface area (TPSA) is 26.0 Å². The van der Waals surface area contributed by atoms with Crippen molar-refractivity contribution in [2.24, 2.45) is 17.6 Å². The van der Waals surface area contributed by atoms with Crippen LogP contribution < -0.4 is 5.73 Å². The van der Waals surface area contributed by atoms with Gasteiger partial charge in [-0.05, 0) is 24.7 Å². The normalized spacial score (nSPS) is 33.0. The standard InChI is InChI=1S/C11H23N/c1-9(2)10-6-4-3-5-7-11(12)8-10/h9-11H,3-8,12H2,1-2H3. The minimum atomic E-state index is 0.484. The summed E-state index contributed by atoms with van der Waals surface area (Å²) in [6.07, 6.45) is 8.10. The maximum Gasteiger partial charge on any atom is 0.00415 e. The molecular formula is C11H23N. The molecule has 0 spiro atoms. The Bertz CT molecular complexity index is 120. The molecule has 0 amide bonds. The molecule has 0 heterocycles. The molecule has 1 nitrogen and oxygen atoms in total. The number of hydrogen-bond donors (Lipinski definition) is 1. The van der Waals surface area contributed by atoms with Crippen LogP contribution in [0.25, 0.3) is 0 Å². The molecule has 1 heteroatoms. The summed E-state index contributed by atoms with van der Waals surface area (Å²) in [5.74, 6) is 1.72. The van der Waals surface area contributed by atoms with Crippen LogP contribution in [-0.4, -0.2) is 6.04 Å². The highest BCUT2D eigenvalue weighted by Crippen LogP contribution is 2.27. The van der Waals surface area contributed by atoms with Crippen molar-refractivity contribution in [2.45, 2.75) is 58.4 Å². The average molecular weight is 169 g/mol. The van der Waals surface area contributed by atoms with Gasteiger partial charge in [0.2, 0.25) is 0 Å².